The number of aromatic nitrogens is 2. The second kappa shape index (κ2) is 8.19. The Hall–Kier alpha value is -2.59. The number of hydrogen-bond acceptors (Lipinski definition) is 4. The molecule has 0 aliphatic rings. The van der Waals surface area contributed by atoms with E-state index in [-0.39, 0.29) is 17.0 Å². The van der Waals surface area contributed by atoms with Gasteiger partial charge in [0.05, 0.1) is 17.2 Å². The van der Waals surface area contributed by atoms with Crippen LogP contribution in [0.1, 0.15) is 55.1 Å². The number of nitrogens with zero attached hydrogens (tertiary/aromatic N) is 2. The summed E-state index contributed by atoms with van der Waals surface area (Å²) in [6.07, 6.45) is 3.57. The summed E-state index contributed by atoms with van der Waals surface area (Å²) in [6, 6.07) is 12.8. The van der Waals surface area contributed by atoms with Crippen molar-refractivity contribution >= 4 is 34.2 Å². The fourth-order valence-corrected chi connectivity index (χ4v) is 3.13. The normalized spacial score (nSPS) is 11.6. The molecule has 4 nitrogen and oxygen atoms in total. The highest BCUT2D eigenvalue weighted by atomic mass is 35.5. The van der Waals surface area contributed by atoms with Crippen molar-refractivity contribution in [2.75, 3.05) is 0 Å². The van der Waals surface area contributed by atoms with Crippen LogP contribution in [0.25, 0.3) is 11.0 Å². The van der Waals surface area contributed by atoms with Crippen LogP contribution in [-0.2, 0) is 11.2 Å². The lowest BCUT2D eigenvalue weighted by molar-refractivity contribution is -0.126. The van der Waals surface area contributed by atoms with Gasteiger partial charge in [-0.05, 0) is 42.7 Å². The van der Waals surface area contributed by atoms with Crippen molar-refractivity contribution in [1.29, 1.82) is 0 Å². The van der Waals surface area contributed by atoms with Crippen LogP contribution in [-0.4, -0.2) is 21.5 Å². The molecular formula is C23H23ClN2O2. The van der Waals surface area contributed by atoms with E-state index in [0.29, 0.717) is 33.7 Å². The third-order valence-electron chi connectivity index (χ3n) is 4.67. The number of fused-ring (bicyclic) bond motifs is 1. The number of benzene rings is 2. The van der Waals surface area contributed by atoms with Gasteiger partial charge >= 0.3 is 0 Å². The molecule has 0 saturated carbocycles. The van der Waals surface area contributed by atoms with E-state index in [0.717, 1.165) is 18.4 Å². The molecule has 2 aromatic carbocycles. The van der Waals surface area contributed by atoms with E-state index in [9.17, 15) is 9.59 Å². The van der Waals surface area contributed by atoms with Gasteiger partial charge in [0.2, 0.25) is 0 Å². The number of carbonyl (C=O) groups excluding carboxylic acids is 2. The number of aryl methyl sites for hydroxylation is 1. The minimum Gasteiger partial charge on any atom is -0.299 e. The van der Waals surface area contributed by atoms with Gasteiger partial charge in [-0.1, -0.05) is 50.6 Å². The van der Waals surface area contributed by atoms with Gasteiger partial charge in [0, 0.05) is 23.0 Å². The van der Waals surface area contributed by atoms with Crippen LogP contribution in [0.15, 0.2) is 48.7 Å². The zero-order chi connectivity index (χ0) is 20.3. The Morgan fingerprint density at radius 2 is 1.75 bits per heavy atom. The summed E-state index contributed by atoms with van der Waals surface area (Å²) < 4.78 is 0. The quantitative estimate of drug-likeness (QED) is 0.521. The second-order valence-electron chi connectivity index (χ2n) is 7.95. The molecule has 28 heavy (non-hydrogen) atoms. The molecule has 0 N–H and O–H groups in total. The first kappa shape index (κ1) is 20.2. The van der Waals surface area contributed by atoms with Gasteiger partial charge < -0.3 is 0 Å². The maximum absolute atomic E-state index is 12.9. The van der Waals surface area contributed by atoms with E-state index in [1.807, 2.05) is 39.0 Å². The maximum atomic E-state index is 12.9. The van der Waals surface area contributed by atoms with E-state index >= 15 is 0 Å². The summed E-state index contributed by atoms with van der Waals surface area (Å²) in [7, 11) is 0. The van der Waals surface area contributed by atoms with Crippen LogP contribution < -0.4 is 0 Å². The second-order valence-corrected chi connectivity index (χ2v) is 8.34. The first-order valence-corrected chi connectivity index (χ1v) is 9.71. The van der Waals surface area contributed by atoms with Crippen molar-refractivity contribution in [3.63, 3.8) is 0 Å². The van der Waals surface area contributed by atoms with Crippen LogP contribution in [0.4, 0.5) is 0 Å². The Balaban J connectivity index is 1.74. The molecular weight excluding hydrogens is 372 g/mol. The van der Waals surface area contributed by atoms with Gasteiger partial charge in [-0.2, -0.15) is 0 Å². The molecule has 0 radical (unpaired) electrons. The molecule has 0 amide bonds. The van der Waals surface area contributed by atoms with Crippen LogP contribution >= 0.6 is 11.6 Å². The van der Waals surface area contributed by atoms with Gasteiger partial charge in [-0.3, -0.25) is 14.6 Å². The van der Waals surface area contributed by atoms with Gasteiger partial charge in [0.25, 0.3) is 0 Å². The van der Waals surface area contributed by atoms with Crippen LogP contribution in [0, 0.1) is 5.41 Å². The van der Waals surface area contributed by atoms with Crippen molar-refractivity contribution in [2.45, 2.75) is 40.0 Å². The predicted molar refractivity (Wildman–Crippen MR) is 112 cm³/mol. The van der Waals surface area contributed by atoms with Gasteiger partial charge in [0.15, 0.2) is 5.78 Å². The third kappa shape index (κ3) is 4.82. The molecule has 0 bridgehead atoms. The Kier molecular flexibility index (Phi) is 5.90. The molecule has 0 fully saturated rings. The molecule has 5 heteroatoms. The van der Waals surface area contributed by atoms with Gasteiger partial charge in [-0.15, -0.1) is 0 Å². The van der Waals surface area contributed by atoms with Crippen molar-refractivity contribution in [1.82, 2.24) is 9.97 Å². The van der Waals surface area contributed by atoms with E-state index in [1.54, 1.807) is 24.3 Å². The zero-order valence-electron chi connectivity index (χ0n) is 16.3. The number of carbonyl (C=O) groups is 2. The molecule has 1 aromatic heterocycles. The van der Waals surface area contributed by atoms with Crippen LogP contribution in [0.5, 0.6) is 0 Å². The SMILES string of the molecule is CC(C)(C)C(=O)CCCc1cccc(C(=O)c2ccc3ncc(Cl)nc3c2)c1. The molecule has 0 unspecified atom stereocenters. The summed E-state index contributed by atoms with van der Waals surface area (Å²) in [5, 5.41) is 0.295. The molecule has 0 spiro atoms. The number of Topliss-reactive ketones (excluding diaryl/α,β-unsaturated/α-hetero) is 1. The molecule has 1 heterocycles. The minimum absolute atomic E-state index is 0.0729. The lowest BCUT2D eigenvalue weighted by Crippen LogP contribution is -2.19. The molecule has 0 saturated heterocycles. The Morgan fingerprint density at radius 3 is 2.50 bits per heavy atom. The summed E-state index contributed by atoms with van der Waals surface area (Å²) in [6.45, 7) is 5.82. The summed E-state index contributed by atoms with van der Waals surface area (Å²) >= 11 is 5.90. The average Bonchev–Trinajstić information content (AvgIpc) is 2.66. The Morgan fingerprint density at radius 1 is 1.00 bits per heavy atom. The van der Waals surface area contributed by atoms with E-state index < -0.39 is 0 Å². The number of ketones is 2. The van der Waals surface area contributed by atoms with E-state index in [2.05, 4.69) is 9.97 Å². The Bertz CT molecular complexity index is 1040. The topological polar surface area (TPSA) is 59.9 Å². The number of rotatable bonds is 6. The smallest absolute Gasteiger partial charge is 0.193 e. The minimum atomic E-state index is -0.306. The molecule has 0 aliphatic carbocycles. The van der Waals surface area contributed by atoms with Crippen molar-refractivity contribution in [3.05, 3.63) is 70.5 Å². The fraction of sp³-hybridized carbons (Fsp3) is 0.304. The Labute approximate surface area is 170 Å². The summed E-state index contributed by atoms with van der Waals surface area (Å²) in [5.74, 6) is 0.187. The lowest BCUT2D eigenvalue weighted by Gasteiger charge is -2.16. The van der Waals surface area contributed by atoms with E-state index in [4.69, 9.17) is 11.6 Å². The monoisotopic (exact) mass is 394 g/mol. The van der Waals surface area contributed by atoms with E-state index in [1.165, 1.54) is 6.20 Å². The van der Waals surface area contributed by atoms with Crippen molar-refractivity contribution in [3.8, 4) is 0 Å². The summed E-state index contributed by atoms with van der Waals surface area (Å²) in [4.78, 5) is 33.4. The standard InChI is InChI=1S/C23H23ClN2O2/c1-23(2,3)20(27)9-5-7-15-6-4-8-16(12-15)22(28)17-10-11-18-19(13-17)26-21(24)14-25-18/h4,6,8,10-14H,5,7,9H2,1-3H3. The molecule has 144 valence electrons. The molecule has 0 atom stereocenters. The molecule has 3 aromatic rings. The first-order chi connectivity index (χ1) is 13.2. The third-order valence-corrected chi connectivity index (χ3v) is 4.85. The van der Waals surface area contributed by atoms with Crippen LogP contribution in [0.2, 0.25) is 5.15 Å². The van der Waals surface area contributed by atoms with Crippen LogP contribution in [0.3, 0.4) is 0 Å². The largest absolute Gasteiger partial charge is 0.299 e. The highest BCUT2D eigenvalue weighted by Crippen LogP contribution is 2.20. The van der Waals surface area contributed by atoms with Crippen molar-refractivity contribution in [2.24, 2.45) is 5.41 Å². The van der Waals surface area contributed by atoms with Gasteiger partial charge in [0.1, 0.15) is 10.9 Å². The molecule has 0 aliphatic heterocycles. The van der Waals surface area contributed by atoms with Crippen molar-refractivity contribution < 1.29 is 9.59 Å². The number of hydrogen-bond donors (Lipinski definition) is 0. The van der Waals surface area contributed by atoms with Gasteiger partial charge in [-0.25, -0.2) is 4.98 Å². The summed E-state index contributed by atoms with van der Waals surface area (Å²) in [5.41, 5.74) is 3.20. The molecule has 3 rings (SSSR count). The average molecular weight is 395 g/mol. The maximum Gasteiger partial charge on any atom is 0.193 e. The zero-order valence-corrected chi connectivity index (χ0v) is 17.1. The number of halogens is 1. The predicted octanol–water partition coefficient (Wildman–Crippen LogP) is 5.45. The first-order valence-electron chi connectivity index (χ1n) is 9.33. The highest BCUT2D eigenvalue weighted by molar-refractivity contribution is 6.29. The highest BCUT2D eigenvalue weighted by Gasteiger charge is 2.20. The lowest BCUT2D eigenvalue weighted by atomic mass is 9.87. The fourth-order valence-electron chi connectivity index (χ4n) is 2.99.